The van der Waals surface area contributed by atoms with Gasteiger partial charge in [-0.15, -0.1) is 5.10 Å². The number of rotatable bonds is 8. The van der Waals surface area contributed by atoms with Gasteiger partial charge in [0.25, 0.3) is 0 Å². The van der Waals surface area contributed by atoms with E-state index in [4.69, 9.17) is 4.74 Å². The fraction of sp³-hybridized carbons (Fsp3) is 0.438. The first-order valence-electron chi connectivity index (χ1n) is 7.48. The number of ether oxygens (including phenoxy) is 1. The number of aromatic nitrogens is 3. The van der Waals surface area contributed by atoms with Crippen molar-refractivity contribution in [1.29, 1.82) is 0 Å². The molecule has 0 amide bonds. The summed E-state index contributed by atoms with van der Waals surface area (Å²) in [6, 6.07) is 8.03. The Labute approximate surface area is 131 Å². The van der Waals surface area contributed by atoms with Crippen molar-refractivity contribution >= 4 is 11.8 Å². The van der Waals surface area contributed by atoms with Gasteiger partial charge in [0.2, 0.25) is 5.95 Å². The lowest BCUT2D eigenvalue weighted by Gasteiger charge is -2.09. The molecule has 0 aliphatic rings. The van der Waals surface area contributed by atoms with Gasteiger partial charge in [-0.3, -0.25) is 0 Å². The number of hydrogen-bond donors (Lipinski definition) is 2. The summed E-state index contributed by atoms with van der Waals surface area (Å²) in [5.74, 6) is 2.71. The quantitative estimate of drug-likeness (QED) is 0.781. The molecule has 0 bridgehead atoms. The highest BCUT2D eigenvalue weighted by molar-refractivity contribution is 5.37. The number of hydrogen-bond acceptors (Lipinski definition) is 6. The molecule has 2 aromatic rings. The molecular weight excluding hydrogens is 278 g/mol. The minimum Gasteiger partial charge on any atom is -0.497 e. The van der Waals surface area contributed by atoms with Gasteiger partial charge in [0, 0.05) is 13.1 Å². The predicted molar refractivity (Wildman–Crippen MR) is 88.3 cm³/mol. The minimum absolute atomic E-state index is 0.539. The molecule has 0 fully saturated rings. The number of nitrogens with zero attached hydrogens (tertiary/aromatic N) is 3. The Hall–Kier alpha value is -2.37. The molecule has 6 heteroatoms. The van der Waals surface area contributed by atoms with Gasteiger partial charge in [0.05, 0.1) is 13.3 Å². The monoisotopic (exact) mass is 301 g/mol. The van der Waals surface area contributed by atoms with Crippen molar-refractivity contribution in [3.63, 3.8) is 0 Å². The summed E-state index contributed by atoms with van der Waals surface area (Å²) < 4.78 is 5.22. The summed E-state index contributed by atoms with van der Waals surface area (Å²) in [6.45, 7) is 5.90. The van der Waals surface area contributed by atoms with Crippen molar-refractivity contribution < 1.29 is 4.74 Å². The molecule has 22 heavy (non-hydrogen) atoms. The number of methoxy groups -OCH3 is 1. The van der Waals surface area contributed by atoms with E-state index in [-0.39, 0.29) is 0 Å². The van der Waals surface area contributed by atoms with Crippen molar-refractivity contribution in [1.82, 2.24) is 15.2 Å². The van der Waals surface area contributed by atoms with Gasteiger partial charge in [0.1, 0.15) is 5.75 Å². The second-order valence-electron chi connectivity index (χ2n) is 5.47. The predicted octanol–water partition coefficient (Wildman–Crippen LogP) is 2.60. The van der Waals surface area contributed by atoms with E-state index >= 15 is 0 Å². The molecule has 0 saturated carbocycles. The first-order chi connectivity index (χ1) is 10.7. The van der Waals surface area contributed by atoms with E-state index in [9.17, 15) is 0 Å². The summed E-state index contributed by atoms with van der Waals surface area (Å²) in [7, 11) is 1.67. The molecule has 2 N–H and O–H groups in total. The Morgan fingerprint density at radius 2 is 2.09 bits per heavy atom. The molecule has 0 aliphatic heterocycles. The molecule has 6 nitrogen and oxygen atoms in total. The third-order valence-corrected chi connectivity index (χ3v) is 3.08. The van der Waals surface area contributed by atoms with Crippen LogP contribution in [0.3, 0.4) is 0 Å². The van der Waals surface area contributed by atoms with E-state index in [2.05, 4.69) is 45.7 Å². The van der Waals surface area contributed by atoms with Crippen LogP contribution in [0.25, 0.3) is 0 Å². The van der Waals surface area contributed by atoms with Crippen molar-refractivity contribution in [2.24, 2.45) is 5.92 Å². The van der Waals surface area contributed by atoms with Crippen molar-refractivity contribution in [3.8, 4) is 5.75 Å². The normalized spacial score (nSPS) is 10.5. The average Bonchev–Trinajstić information content (AvgIpc) is 2.53. The maximum absolute atomic E-state index is 5.22. The molecule has 1 aromatic heterocycles. The van der Waals surface area contributed by atoms with Crippen molar-refractivity contribution in [2.75, 3.05) is 30.8 Å². The summed E-state index contributed by atoms with van der Waals surface area (Å²) in [5.41, 5.74) is 1.20. The average molecular weight is 301 g/mol. The molecule has 2 rings (SSSR count). The van der Waals surface area contributed by atoms with Crippen LogP contribution < -0.4 is 15.4 Å². The van der Waals surface area contributed by atoms with E-state index < -0.39 is 0 Å². The van der Waals surface area contributed by atoms with Gasteiger partial charge in [-0.25, -0.2) is 0 Å². The largest absolute Gasteiger partial charge is 0.497 e. The van der Waals surface area contributed by atoms with Crippen LogP contribution in [0.15, 0.2) is 30.5 Å². The maximum Gasteiger partial charge on any atom is 0.244 e. The molecule has 1 heterocycles. The van der Waals surface area contributed by atoms with E-state index in [1.807, 2.05) is 18.2 Å². The smallest absolute Gasteiger partial charge is 0.244 e. The second-order valence-corrected chi connectivity index (χ2v) is 5.47. The summed E-state index contributed by atoms with van der Waals surface area (Å²) in [4.78, 5) is 4.39. The standard InChI is InChI=1S/C16H23N5O/c1-12(2)10-18-15-11-19-21-16(20-15)17-8-7-13-5-4-6-14(9-13)22-3/h4-6,9,11-12H,7-8,10H2,1-3H3,(H2,17,18,20,21). The van der Waals surface area contributed by atoms with E-state index in [1.165, 1.54) is 5.56 Å². The van der Waals surface area contributed by atoms with Gasteiger partial charge < -0.3 is 15.4 Å². The first kappa shape index (κ1) is 16.0. The maximum atomic E-state index is 5.22. The highest BCUT2D eigenvalue weighted by Crippen LogP contribution is 2.13. The zero-order valence-electron chi connectivity index (χ0n) is 13.3. The van der Waals surface area contributed by atoms with E-state index in [0.717, 1.165) is 31.1 Å². The van der Waals surface area contributed by atoms with Crippen LogP contribution in [0, 0.1) is 5.92 Å². The minimum atomic E-state index is 0.539. The molecule has 118 valence electrons. The van der Waals surface area contributed by atoms with Gasteiger partial charge in [-0.05, 0) is 30.0 Å². The number of benzene rings is 1. The van der Waals surface area contributed by atoms with Crippen LogP contribution in [0.2, 0.25) is 0 Å². The molecule has 0 radical (unpaired) electrons. The molecule has 0 aliphatic carbocycles. The van der Waals surface area contributed by atoms with Crippen LogP contribution >= 0.6 is 0 Å². The Morgan fingerprint density at radius 3 is 2.86 bits per heavy atom. The Kier molecular flexibility index (Phi) is 5.94. The van der Waals surface area contributed by atoms with Crippen LogP contribution in [0.5, 0.6) is 5.75 Å². The Bertz CT molecular complexity index is 588. The third-order valence-electron chi connectivity index (χ3n) is 3.08. The SMILES string of the molecule is COc1cccc(CCNc2nncc(NCC(C)C)n2)c1. The van der Waals surface area contributed by atoms with Crippen LogP contribution in [-0.2, 0) is 6.42 Å². The summed E-state index contributed by atoms with van der Waals surface area (Å²) in [5, 5.41) is 14.4. The van der Waals surface area contributed by atoms with E-state index in [1.54, 1.807) is 13.3 Å². The number of nitrogens with one attached hydrogen (secondary N) is 2. The topological polar surface area (TPSA) is 72.0 Å². The summed E-state index contributed by atoms with van der Waals surface area (Å²) >= 11 is 0. The fourth-order valence-electron chi connectivity index (χ4n) is 1.92. The van der Waals surface area contributed by atoms with Gasteiger partial charge in [0.15, 0.2) is 5.82 Å². The highest BCUT2D eigenvalue weighted by atomic mass is 16.5. The molecule has 0 saturated heterocycles. The molecule has 0 atom stereocenters. The van der Waals surface area contributed by atoms with Crippen LogP contribution in [0.4, 0.5) is 11.8 Å². The Balaban J connectivity index is 1.84. The Morgan fingerprint density at radius 1 is 1.23 bits per heavy atom. The van der Waals surface area contributed by atoms with Crippen molar-refractivity contribution in [2.45, 2.75) is 20.3 Å². The lowest BCUT2D eigenvalue weighted by molar-refractivity contribution is 0.414. The lowest BCUT2D eigenvalue weighted by atomic mass is 10.1. The number of anilines is 2. The van der Waals surface area contributed by atoms with Crippen LogP contribution in [-0.4, -0.2) is 35.4 Å². The molecular formula is C16H23N5O. The molecule has 1 aromatic carbocycles. The second kappa shape index (κ2) is 8.17. The molecule has 0 spiro atoms. The third kappa shape index (κ3) is 5.20. The highest BCUT2D eigenvalue weighted by Gasteiger charge is 2.02. The van der Waals surface area contributed by atoms with Gasteiger partial charge >= 0.3 is 0 Å². The summed E-state index contributed by atoms with van der Waals surface area (Å²) in [6.07, 6.45) is 2.50. The molecule has 0 unspecified atom stereocenters. The van der Waals surface area contributed by atoms with E-state index in [0.29, 0.717) is 11.9 Å². The lowest BCUT2D eigenvalue weighted by Crippen LogP contribution is -2.13. The van der Waals surface area contributed by atoms with Gasteiger partial charge in [-0.1, -0.05) is 26.0 Å². The zero-order valence-corrected chi connectivity index (χ0v) is 13.3. The fourth-order valence-corrected chi connectivity index (χ4v) is 1.92. The van der Waals surface area contributed by atoms with Gasteiger partial charge in [-0.2, -0.15) is 10.1 Å². The first-order valence-corrected chi connectivity index (χ1v) is 7.48. The van der Waals surface area contributed by atoms with Crippen LogP contribution in [0.1, 0.15) is 19.4 Å². The zero-order chi connectivity index (χ0) is 15.8. The van der Waals surface area contributed by atoms with Crippen molar-refractivity contribution in [3.05, 3.63) is 36.0 Å².